The van der Waals surface area contributed by atoms with Crippen molar-refractivity contribution in [2.75, 3.05) is 17.7 Å². The van der Waals surface area contributed by atoms with Crippen LogP contribution in [0, 0.1) is 0 Å². The molecule has 0 radical (unpaired) electrons. The number of nitrogens with zero attached hydrogens (tertiary/aromatic N) is 1. The number of halogens is 1. The zero-order valence-corrected chi connectivity index (χ0v) is 11.7. The van der Waals surface area contributed by atoms with E-state index in [4.69, 9.17) is 5.73 Å². The molecule has 0 saturated heterocycles. The van der Waals surface area contributed by atoms with Crippen molar-refractivity contribution in [3.8, 4) is 5.75 Å². The maximum Gasteiger partial charge on any atom is 0.115 e. The molecule has 3 N–H and O–H groups in total. The SMILES string of the molecule is CN(Cc1ccc(N)cc1Br)c1ccc(O)cc1. The Balaban J connectivity index is 2.15. The largest absolute Gasteiger partial charge is 0.508 e. The van der Waals surface area contributed by atoms with Gasteiger partial charge in [-0.3, -0.25) is 0 Å². The molecule has 18 heavy (non-hydrogen) atoms. The van der Waals surface area contributed by atoms with Crippen LogP contribution in [0.25, 0.3) is 0 Å². The van der Waals surface area contributed by atoms with E-state index in [1.54, 1.807) is 12.1 Å². The van der Waals surface area contributed by atoms with Gasteiger partial charge in [0.05, 0.1) is 0 Å². The van der Waals surface area contributed by atoms with Gasteiger partial charge in [0.15, 0.2) is 0 Å². The smallest absolute Gasteiger partial charge is 0.115 e. The summed E-state index contributed by atoms with van der Waals surface area (Å²) in [6.45, 7) is 0.769. The van der Waals surface area contributed by atoms with Gasteiger partial charge in [-0.1, -0.05) is 22.0 Å². The molecule has 2 rings (SSSR count). The first-order valence-corrected chi connectivity index (χ1v) is 6.39. The minimum Gasteiger partial charge on any atom is -0.508 e. The summed E-state index contributed by atoms with van der Waals surface area (Å²) in [4.78, 5) is 2.11. The Morgan fingerprint density at radius 2 is 1.83 bits per heavy atom. The fourth-order valence-corrected chi connectivity index (χ4v) is 2.27. The lowest BCUT2D eigenvalue weighted by Gasteiger charge is -2.20. The normalized spacial score (nSPS) is 10.3. The van der Waals surface area contributed by atoms with Crippen molar-refractivity contribution in [2.45, 2.75) is 6.54 Å². The summed E-state index contributed by atoms with van der Waals surface area (Å²) in [5, 5.41) is 9.26. The number of hydrogen-bond donors (Lipinski definition) is 2. The quantitative estimate of drug-likeness (QED) is 0.855. The average Bonchev–Trinajstić information content (AvgIpc) is 2.33. The van der Waals surface area contributed by atoms with Gasteiger partial charge < -0.3 is 15.7 Å². The van der Waals surface area contributed by atoms with E-state index in [1.165, 1.54) is 5.56 Å². The van der Waals surface area contributed by atoms with Gasteiger partial charge in [0.2, 0.25) is 0 Å². The predicted octanol–water partition coefficient (Wildman–Crippen LogP) is 3.37. The van der Waals surface area contributed by atoms with Crippen molar-refractivity contribution in [2.24, 2.45) is 0 Å². The molecule has 2 aromatic carbocycles. The second-order valence-electron chi connectivity index (χ2n) is 4.22. The number of anilines is 2. The summed E-state index contributed by atoms with van der Waals surface area (Å²) in [6, 6.07) is 13.0. The Morgan fingerprint density at radius 1 is 1.17 bits per heavy atom. The van der Waals surface area contributed by atoms with Crippen LogP contribution in [0.2, 0.25) is 0 Å². The zero-order chi connectivity index (χ0) is 13.1. The fourth-order valence-electron chi connectivity index (χ4n) is 1.75. The molecule has 0 aliphatic rings. The second-order valence-corrected chi connectivity index (χ2v) is 5.08. The van der Waals surface area contributed by atoms with Gasteiger partial charge >= 0.3 is 0 Å². The number of aromatic hydroxyl groups is 1. The molecule has 0 aromatic heterocycles. The molecule has 0 spiro atoms. The maximum absolute atomic E-state index is 9.26. The zero-order valence-electron chi connectivity index (χ0n) is 10.1. The van der Waals surface area contributed by atoms with Crippen LogP contribution in [0.3, 0.4) is 0 Å². The van der Waals surface area contributed by atoms with Crippen molar-refractivity contribution in [1.29, 1.82) is 0 Å². The van der Waals surface area contributed by atoms with Crippen LogP contribution >= 0.6 is 15.9 Å². The summed E-state index contributed by atoms with van der Waals surface area (Å²) in [7, 11) is 2.01. The molecule has 0 aliphatic heterocycles. The number of nitrogen functional groups attached to an aromatic ring is 1. The van der Waals surface area contributed by atoms with E-state index in [2.05, 4.69) is 20.8 Å². The van der Waals surface area contributed by atoms with Crippen molar-refractivity contribution < 1.29 is 5.11 Å². The maximum atomic E-state index is 9.26. The summed E-state index contributed by atoms with van der Waals surface area (Å²) < 4.78 is 1.01. The molecule has 0 amide bonds. The highest BCUT2D eigenvalue weighted by atomic mass is 79.9. The Labute approximate surface area is 115 Å². The molecule has 2 aromatic rings. The van der Waals surface area contributed by atoms with Gasteiger partial charge in [0, 0.05) is 29.4 Å². The van der Waals surface area contributed by atoms with Crippen LogP contribution in [0.5, 0.6) is 5.75 Å². The van der Waals surface area contributed by atoms with Crippen LogP contribution in [0.4, 0.5) is 11.4 Å². The van der Waals surface area contributed by atoms with E-state index in [-0.39, 0.29) is 5.75 Å². The molecule has 0 saturated carbocycles. The Bertz CT molecular complexity index is 540. The minimum atomic E-state index is 0.279. The molecule has 0 unspecified atom stereocenters. The molecule has 3 nitrogen and oxygen atoms in total. The van der Waals surface area contributed by atoms with Crippen molar-refractivity contribution in [3.63, 3.8) is 0 Å². The lowest BCUT2D eigenvalue weighted by molar-refractivity contribution is 0.475. The lowest BCUT2D eigenvalue weighted by atomic mass is 10.2. The van der Waals surface area contributed by atoms with Crippen LogP contribution < -0.4 is 10.6 Å². The van der Waals surface area contributed by atoms with Gasteiger partial charge in [0.1, 0.15) is 5.75 Å². The third-order valence-corrected chi connectivity index (χ3v) is 3.51. The predicted molar refractivity (Wildman–Crippen MR) is 78.8 cm³/mol. The molecular formula is C14H15BrN2O. The lowest BCUT2D eigenvalue weighted by Crippen LogP contribution is -2.16. The van der Waals surface area contributed by atoms with Crippen molar-refractivity contribution in [3.05, 3.63) is 52.5 Å². The van der Waals surface area contributed by atoms with Crippen LogP contribution in [0.1, 0.15) is 5.56 Å². The highest BCUT2D eigenvalue weighted by Crippen LogP contribution is 2.24. The van der Waals surface area contributed by atoms with E-state index in [9.17, 15) is 5.11 Å². The summed E-state index contributed by atoms with van der Waals surface area (Å²) >= 11 is 3.51. The highest BCUT2D eigenvalue weighted by molar-refractivity contribution is 9.10. The van der Waals surface area contributed by atoms with E-state index in [0.717, 1.165) is 22.4 Å². The number of benzene rings is 2. The summed E-state index contributed by atoms with van der Waals surface area (Å²) in [5.74, 6) is 0.279. The molecule has 0 bridgehead atoms. The number of hydrogen-bond acceptors (Lipinski definition) is 3. The van der Waals surface area contributed by atoms with Crippen LogP contribution in [0.15, 0.2) is 46.9 Å². The average molecular weight is 307 g/mol. The first-order chi connectivity index (χ1) is 8.56. The van der Waals surface area contributed by atoms with Crippen molar-refractivity contribution >= 4 is 27.3 Å². The van der Waals surface area contributed by atoms with E-state index >= 15 is 0 Å². The molecule has 0 fully saturated rings. The molecular weight excluding hydrogens is 292 g/mol. The first kappa shape index (κ1) is 12.8. The third-order valence-electron chi connectivity index (χ3n) is 2.78. The second kappa shape index (κ2) is 5.31. The minimum absolute atomic E-state index is 0.279. The van der Waals surface area contributed by atoms with E-state index in [0.29, 0.717) is 0 Å². The molecule has 0 heterocycles. The first-order valence-electron chi connectivity index (χ1n) is 5.60. The van der Waals surface area contributed by atoms with E-state index < -0.39 is 0 Å². The molecule has 94 valence electrons. The highest BCUT2D eigenvalue weighted by Gasteiger charge is 2.05. The number of rotatable bonds is 3. The Kier molecular flexibility index (Phi) is 3.77. The van der Waals surface area contributed by atoms with Gasteiger partial charge in [-0.15, -0.1) is 0 Å². The molecule has 0 atom stereocenters. The summed E-state index contributed by atoms with van der Waals surface area (Å²) in [6.07, 6.45) is 0. The topological polar surface area (TPSA) is 49.5 Å². The Hall–Kier alpha value is -1.68. The summed E-state index contributed by atoms with van der Waals surface area (Å²) in [5.41, 5.74) is 8.68. The van der Waals surface area contributed by atoms with Crippen molar-refractivity contribution in [1.82, 2.24) is 0 Å². The molecule has 4 heteroatoms. The van der Waals surface area contributed by atoms with Gasteiger partial charge in [-0.2, -0.15) is 0 Å². The number of phenolic OH excluding ortho intramolecular Hbond substituents is 1. The third kappa shape index (κ3) is 2.96. The Morgan fingerprint density at radius 3 is 2.44 bits per heavy atom. The van der Waals surface area contributed by atoms with Crippen LogP contribution in [-0.2, 0) is 6.54 Å². The van der Waals surface area contributed by atoms with Gasteiger partial charge in [0.25, 0.3) is 0 Å². The van der Waals surface area contributed by atoms with Gasteiger partial charge in [-0.25, -0.2) is 0 Å². The number of nitrogens with two attached hydrogens (primary N) is 1. The van der Waals surface area contributed by atoms with Gasteiger partial charge in [-0.05, 0) is 42.0 Å². The number of phenols is 1. The molecule has 0 aliphatic carbocycles. The standard InChI is InChI=1S/C14H15BrN2O/c1-17(12-4-6-13(18)7-5-12)9-10-2-3-11(16)8-14(10)15/h2-8,18H,9,16H2,1H3. The monoisotopic (exact) mass is 306 g/mol. The van der Waals surface area contributed by atoms with E-state index in [1.807, 2.05) is 37.4 Å². The van der Waals surface area contributed by atoms with Crippen LogP contribution in [-0.4, -0.2) is 12.2 Å². The fraction of sp³-hybridized carbons (Fsp3) is 0.143.